The molecule has 0 aliphatic rings. The van der Waals surface area contributed by atoms with Crippen LogP contribution in [0.2, 0.25) is 0 Å². The van der Waals surface area contributed by atoms with Crippen LogP contribution < -0.4 is 4.74 Å². The second-order valence-corrected chi connectivity index (χ2v) is 3.71. The van der Waals surface area contributed by atoms with E-state index in [9.17, 15) is 8.78 Å². The van der Waals surface area contributed by atoms with Crippen LogP contribution in [-0.2, 0) is 0 Å². The summed E-state index contributed by atoms with van der Waals surface area (Å²) in [6, 6.07) is 3.91. The third kappa shape index (κ3) is 2.52. The predicted molar refractivity (Wildman–Crippen MR) is 56.2 cm³/mol. The molecule has 0 spiro atoms. The van der Waals surface area contributed by atoms with Crippen molar-refractivity contribution >= 4 is 15.9 Å². The Morgan fingerprint density at radius 3 is 2.38 bits per heavy atom. The smallest absolute Gasteiger partial charge is 0.322 e. The highest BCUT2D eigenvalue weighted by Gasteiger charge is 2.05. The first-order chi connectivity index (χ1) is 7.65. The molecule has 0 bridgehead atoms. The maximum atomic E-state index is 12.8. The summed E-state index contributed by atoms with van der Waals surface area (Å²) < 4.78 is 30.9. The van der Waals surface area contributed by atoms with Crippen LogP contribution in [0.15, 0.2) is 35.1 Å². The second-order valence-electron chi connectivity index (χ2n) is 2.86. The van der Waals surface area contributed by atoms with E-state index in [1.165, 1.54) is 18.2 Å². The molecule has 0 aliphatic heterocycles. The molecule has 0 saturated heterocycles. The van der Waals surface area contributed by atoms with Crippen molar-refractivity contribution in [2.75, 3.05) is 0 Å². The van der Waals surface area contributed by atoms with Crippen LogP contribution in [0.25, 0.3) is 0 Å². The van der Waals surface area contributed by atoms with Gasteiger partial charge in [-0.3, -0.25) is 0 Å². The van der Waals surface area contributed by atoms with Crippen LogP contribution in [0.5, 0.6) is 11.8 Å². The van der Waals surface area contributed by atoms with Gasteiger partial charge in [-0.05, 0) is 34.1 Å². The summed E-state index contributed by atoms with van der Waals surface area (Å²) in [7, 11) is 0. The molecule has 0 amide bonds. The minimum absolute atomic E-state index is 0.00583. The van der Waals surface area contributed by atoms with Crippen molar-refractivity contribution < 1.29 is 13.5 Å². The quantitative estimate of drug-likeness (QED) is 0.850. The lowest BCUT2D eigenvalue weighted by Crippen LogP contribution is -1.93. The first kappa shape index (κ1) is 10.9. The Bertz CT molecular complexity index is 505. The van der Waals surface area contributed by atoms with Crippen LogP contribution in [0.1, 0.15) is 0 Å². The maximum Gasteiger partial charge on any atom is 0.322 e. The monoisotopic (exact) mass is 286 g/mol. The van der Waals surface area contributed by atoms with Crippen LogP contribution in [-0.4, -0.2) is 9.97 Å². The van der Waals surface area contributed by atoms with Crippen LogP contribution in [0, 0.1) is 11.6 Å². The first-order valence-corrected chi connectivity index (χ1v) is 5.05. The summed E-state index contributed by atoms with van der Waals surface area (Å²) in [6.45, 7) is 0. The van der Waals surface area contributed by atoms with Gasteiger partial charge in [0.2, 0.25) is 0 Å². The van der Waals surface area contributed by atoms with E-state index in [-0.39, 0.29) is 11.8 Å². The zero-order chi connectivity index (χ0) is 11.5. The number of nitrogens with zero attached hydrogens (tertiary/aromatic N) is 2. The molecular weight excluding hydrogens is 282 g/mol. The molecule has 0 aliphatic carbocycles. The Morgan fingerprint density at radius 1 is 1.06 bits per heavy atom. The van der Waals surface area contributed by atoms with Gasteiger partial charge in [0.25, 0.3) is 0 Å². The van der Waals surface area contributed by atoms with Gasteiger partial charge in [-0.15, -0.1) is 0 Å². The molecular formula is C10H5BrF2N2O. The van der Waals surface area contributed by atoms with E-state index in [4.69, 9.17) is 4.74 Å². The van der Waals surface area contributed by atoms with Gasteiger partial charge >= 0.3 is 6.01 Å². The Hall–Kier alpha value is -1.56. The van der Waals surface area contributed by atoms with Gasteiger partial charge in [0.05, 0.1) is 16.9 Å². The highest BCUT2D eigenvalue weighted by Crippen LogP contribution is 2.28. The van der Waals surface area contributed by atoms with Gasteiger partial charge in [-0.25, -0.2) is 18.7 Å². The average Bonchev–Trinajstić information content (AvgIpc) is 2.25. The van der Waals surface area contributed by atoms with Crippen molar-refractivity contribution in [1.29, 1.82) is 0 Å². The summed E-state index contributed by atoms with van der Waals surface area (Å²) in [5.41, 5.74) is 0. The van der Waals surface area contributed by atoms with E-state index in [0.29, 0.717) is 10.2 Å². The molecule has 16 heavy (non-hydrogen) atoms. The van der Waals surface area contributed by atoms with Gasteiger partial charge in [-0.1, -0.05) is 0 Å². The van der Waals surface area contributed by atoms with Crippen molar-refractivity contribution in [3.05, 3.63) is 46.7 Å². The lowest BCUT2D eigenvalue weighted by Gasteiger charge is -2.05. The molecule has 0 atom stereocenters. The maximum absolute atomic E-state index is 12.8. The molecule has 1 heterocycles. The topological polar surface area (TPSA) is 35.0 Å². The summed E-state index contributed by atoms with van der Waals surface area (Å²) in [6.07, 6.45) is 1.97. The third-order valence-corrected chi connectivity index (χ3v) is 2.31. The Labute approximate surface area is 98.2 Å². The van der Waals surface area contributed by atoms with Gasteiger partial charge in [-0.2, -0.15) is 0 Å². The van der Waals surface area contributed by atoms with Crippen LogP contribution >= 0.6 is 15.9 Å². The number of aromatic nitrogens is 2. The molecule has 0 fully saturated rings. The van der Waals surface area contributed by atoms with E-state index < -0.39 is 5.82 Å². The highest BCUT2D eigenvalue weighted by molar-refractivity contribution is 9.10. The molecule has 6 heteroatoms. The van der Waals surface area contributed by atoms with E-state index in [0.717, 1.165) is 12.4 Å². The molecule has 82 valence electrons. The lowest BCUT2D eigenvalue weighted by molar-refractivity contribution is 0.432. The normalized spacial score (nSPS) is 10.2. The molecule has 0 radical (unpaired) electrons. The summed E-state index contributed by atoms with van der Waals surface area (Å²) in [4.78, 5) is 7.23. The molecule has 2 aromatic rings. The molecule has 1 aromatic carbocycles. The van der Waals surface area contributed by atoms with Crippen molar-refractivity contribution in [2.24, 2.45) is 0 Å². The van der Waals surface area contributed by atoms with Gasteiger partial charge in [0.1, 0.15) is 11.6 Å². The molecule has 0 unspecified atom stereocenters. The third-order valence-electron chi connectivity index (χ3n) is 1.69. The standard InChI is InChI=1S/C10H5BrF2N2O/c11-8-3-6(12)1-2-9(8)16-10-14-4-7(13)5-15-10/h1-5H. The summed E-state index contributed by atoms with van der Waals surface area (Å²) >= 11 is 3.12. The fraction of sp³-hybridized carbons (Fsp3) is 0. The number of rotatable bonds is 2. The minimum Gasteiger partial charge on any atom is -0.423 e. The molecule has 0 saturated carbocycles. The second kappa shape index (κ2) is 4.52. The fourth-order valence-corrected chi connectivity index (χ4v) is 1.44. The highest BCUT2D eigenvalue weighted by atomic mass is 79.9. The van der Waals surface area contributed by atoms with E-state index >= 15 is 0 Å². The summed E-state index contributed by atoms with van der Waals surface area (Å²) in [5.74, 6) is -0.585. The molecule has 2 rings (SSSR count). The fourth-order valence-electron chi connectivity index (χ4n) is 1.01. The predicted octanol–water partition coefficient (Wildman–Crippen LogP) is 3.31. The van der Waals surface area contributed by atoms with Gasteiger partial charge in [0.15, 0.2) is 5.82 Å². The number of hydrogen-bond acceptors (Lipinski definition) is 3. The number of halogens is 3. The number of hydrogen-bond donors (Lipinski definition) is 0. The van der Waals surface area contributed by atoms with Gasteiger partial charge < -0.3 is 4.74 Å². The number of benzene rings is 1. The van der Waals surface area contributed by atoms with Crippen molar-refractivity contribution in [1.82, 2.24) is 9.97 Å². The van der Waals surface area contributed by atoms with Gasteiger partial charge in [0, 0.05) is 0 Å². The first-order valence-electron chi connectivity index (χ1n) is 4.25. The van der Waals surface area contributed by atoms with E-state index in [1.807, 2.05) is 0 Å². The number of ether oxygens (including phenoxy) is 1. The zero-order valence-corrected chi connectivity index (χ0v) is 9.41. The van der Waals surface area contributed by atoms with E-state index in [2.05, 4.69) is 25.9 Å². The molecule has 0 N–H and O–H groups in total. The van der Waals surface area contributed by atoms with Crippen molar-refractivity contribution in [3.63, 3.8) is 0 Å². The lowest BCUT2D eigenvalue weighted by atomic mass is 10.3. The molecule has 3 nitrogen and oxygen atoms in total. The SMILES string of the molecule is Fc1cnc(Oc2ccc(F)cc2Br)nc1. The Morgan fingerprint density at radius 2 is 1.75 bits per heavy atom. The zero-order valence-electron chi connectivity index (χ0n) is 7.82. The van der Waals surface area contributed by atoms with Crippen LogP contribution in [0.4, 0.5) is 8.78 Å². The van der Waals surface area contributed by atoms with Crippen LogP contribution in [0.3, 0.4) is 0 Å². The largest absolute Gasteiger partial charge is 0.423 e. The Balaban J connectivity index is 2.23. The van der Waals surface area contributed by atoms with E-state index in [1.54, 1.807) is 0 Å². The van der Waals surface area contributed by atoms with Crippen molar-refractivity contribution in [3.8, 4) is 11.8 Å². The van der Waals surface area contributed by atoms with Crippen molar-refractivity contribution in [2.45, 2.75) is 0 Å². The summed E-state index contributed by atoms with van der Waals surface area (Å²) in [5, 5.41) is 0. The average molecular weight is 287 g/mol. The molecule has 1 aromatic heterocycles. The minimum atomic E-state index is -0.550. The Kier molecular flexibility index (Phi) is 3.09.